The van der Waals surface area contributed by atoms with Gasteiger partial charge in [0.1, 0.15) is 5.60 Å². The van der Waals surface area contributed by atoms with E-state index in [2.05, 4.69) is 32.6 Å². The molecule has 1 spiro atoms. The molecule has 0 amide bonds. The van der Waals surface area contributed by atoms with E-state index >= 15 is 0 Å². The SMILES string of the molecule is CC(C)[C@@H]1O[C@]12CCC[C@H](C)[C@]2(O)C#Cc1ccccc1. The molecule has 4 atom stereocenters. The van der Waals surface area contributed by atoms with Crippen LogP contribution in [0.2, 0.25) is 0 Å². The summed E-state index contributed by atoms with van der Waals surface area (Å²) in [6, 6.07) is 9.87. The van der Waals surface area contributed by atoms with Crippen molar-refractivity contribution in [2.45, 2.75) is 57.3 Å². The van der Waals surface area contributed by atoms with Crippen molar-refractivity contribution < 1.29 is 9.84 Å². The molecule has 2 aliphatic rings. The van der Waals surface area contributed by atoms with Crippen LogP contribution in [0.1, 0.15) is 45.6 Å². The highest BCUT2D eigenvalue weighted by Crippen LogP contribution is 2.57. The van der Waals surface area contributed by atoms with Gasteiger partial charge in [-0.3, -0.25) is 0 Å². The Kier molecular flexibility index (Phi) is 3.59. The molecule has 1 heterocycles. The molecule has 1 N–H and O–H groups in total. The first-order chi connectivity index (χ1) is 9.99. The van der Waals surface area contributed by atoms with Gasteiger partial charge in [-0.15, -0.1) is 0 Å². The average Bonchev–Trinajstić information content (AvgIpc) is 3.21. The van der Waals surface area contributed by atoms with E-state index in [0.717, 1.165) is 24.8 Å². The molecule has 2 heteroatoms. The monoisotopic (exact) mass is 284 g/mol. The number of epoxide rings is 1. The van der Waals surface area contributed by atoms with Crippen molar-refractivity contribution in [2.75, 3.05) is 0 Å². The zero-order chi connectivity index (χ0) is 15.1. The first-order valence-corrected chi connectivity index (χ1v) is 7.98. The minimum atomic E-state index is -1.03. The molecule has 0 unspecified atom stereocenters. The van der Waals surface area contributed by atoms with E-state index in [4.69, 9.17) is 4.74 Å². The van der Waals surface area contributed by atoms with Crippen LogP contribution >= 0.6 is 0 Å². The minimum absolute atomic E-state index is 0.135. The van der Waals surface area contributed by atoms with Gasteiger partial charge in [0.05, 0.1) is 6.10 Å². The Morgan fingerprint density at radius 3 is 2.62 bits per heavy atom. The third kappa shape index (κ3) is 2.29. The number of hydrogen-bond donors (Lipinski definition) is 1. The van der Waals surface area contributed by atoms with Crippen molar-refractivity contribution in [3.63, 3.8) is 0 Å². The van der Waals surface area contributed by atoms with E-state index < -0.39 is 11.2 Å². The quantitative estimate of drug-likeness (QED) is 0.633. The minimum Gasteiger partial charge on any atom is -0.374 e. The summed E-state index contributed by atoms with van der Waals surface area (Å²) in [5.74, 6) is 6.90. The third-order valence-corrected chi connectivity index (χ3v) is 5.06. The van der Waals surface area contributed by atoms with Crippen molar-refractivity contribution in [3.8, 4) is 11.8 Å². The molecule has 21 heavy (non-hydrogen) atoms. The molecule has 1 aromatic rings. The van der Waals surface area contributed by atoms with Crippen LogP contribution in [0.4, 0.5) is 0 Å². The largest absolute Gasteiger partial charge is 0.374 e. The summed E-state index contributed by atoms with van der Waals surface area (Å²) in [4.78, 5) is 0. The van der Waals surface area contributed by atoms with E-state index in [-0.39, 0.29) is 12.0 Å². The van der Waals surface area contributed by atoms with Crippen molar-refractivity contribution in [1.29, 1.82) is 0 Å². The van der Waals surface area contributed by atoms with Gasteiger partial charge in [-0.1, -0.05) is 50.8 Å². The number of rotatable bonds is 1. The highest BCUT2D eigenvalue weighted by atomic mass is 16.6. The molecule has 1 aliphatic carbocycles. The topological polar surface area (TPSA) is 32.8 Å². The summed E-state index contributed by atoms with van der Waals surface area (Å²) < 4.78 is 6.03. The summed E-state index contributed by atoms with van der Waals surface area (Å²) in [7, 11) is 0. The highest BCUT2D eigenvalue weighted by molar-refractivity contribution is 5.40. The molecule has 0 radical (unpaired) electrons. The Labute approximate surface area is 127 Å². The molecule has 0 aromatic heterocycles. The summed E-state index contributed by atoms with van der Waals surface area (Å²) >= 11 is 0. The van der Waals surface area contributed by atoms with Crippen LogP contribution in [0.5, 0.6) is 0 Å². The maximum Gasteiger partial charge on any atom is 0.159 e. The molecular weight excluding hydrogens is 260 g/mol. The standard InChI is InChI=1S/C19H24O2/c1-14(2)17-19(21-17)12-7-8-15(3)18(19,20)13-11-16-9-5-4-6-10-16/h4-6,9-10,14-15,17,20H,7-8,12H2,1-3H3/t15-,17-,18+,19+/m0/s1. The van der Waals surface area contributed by atoms with Crippen LogP contribution in [0.15, 0.2) is 30.3 Å². The molecule has 3 rings (SSSR count). The molecule has 1 aliphatic heterocycles. The number of benzene rings is 1. The molecule has 0 bridgehead atoms. The van der Waals surface area contributed by atoms with Crippen LogP contribution in [0.3, 0.4) is 0 Å². The van der Waals surface area contributed by atoms with Crippen molar-refractivity contribution in [3.05, 3.63) is 35.9 Å². The zero-order valence-corrected chi connectivity index (χ0v) is 13.1. The van der Waals surface area contributed by atoms with Crippen LogP contribution in [0, 0.1) is 23.7 Å². The first-order valence-electron chi connectivity index (χ1n) is 7.98. The van der Waals surface area contributed by atoms with Gasteiger partial charge in [-0.05, 0) is 43.2 Å². The molecule has 1 saturated carbocycles. The van der Waals surface area contributed by atoms with E-state index in [9.17, 15) is 5.11 Å². The van der Waals surface area contributed by atoms with Gasteiger partial charge in [-0.2, -0.15) is 0 Å². The van der Waals surface area contributed by atoms with E-state index in [1.807, 2.05) is 30.3 Å². The Morgan fingerprint density at radius 2 is 2.00 bits per heavy atom. The van der Waals surface area contributed by atoms with Gasteiger partial charge in [-0.25, -0.2) is 0 Å². The zero-order valence-electron chi connectivity index (χ0n) is 13.1. The fourth-order valence-corrected chi connectivity index (χ4v) is 3.78. The molecule has 112 valence electrons. The normalized spacial score (nSPS) is 38.1. The van der Waals surface area contributed by atoms with Gasteiger partial charge in [0.15, 0.2) is 5.60 Å². The fraction of sp³-hybridized carbons (Fsp3) is 0.579. The van der Waals surface area contributed by atoms with Gasteiger partial charge < -0.3 is 9.84 Å². The van der Waals surface area contributed by atoms with Gasteiger partial charge in [0.25, 0.3) is 0 Å². The number of hydrogen-bond acceptors (Lipinski definition) is 2. The smallest absolute Gasteiger partial charge is 0.159 e. The fourth-order valence-electron chi connectivity index (χ4n) is 3.78. The second kappa shape index (κ2) is 5.16. The summed E-state index contributed by atoms with van der Waals surface area (Å²) in [5.41, 5.74) is -0.531. The lowest BCUT2D eigenvalue weighted by Gasteiger charge is -2.40. The van der Waals surface area contributed by atoms with E-state index in [1.54, 1.807) is 0 Å². The third-order valence-electron chi connectivity index (χ3n) is 5.06. The summed E-state index contributed by atoms with van der Waals surface area (Å²) in [6.45, 7) is 6.41. The number of ether oxygens (including phenoxy) is 1. The average molecular weight is 284 g/mol. The Hall–Kier alpha value is -1.30. The first kappa shape index (κ1) is 14.6. The maximum absolute atomic E-state index is 11.3. The van der Waals surface area contributed by atoms with Crippen molar-refractivity contribution >= 4 is 0 Å². The predicted molar refractivity (Wildman–Crippen MR) is 83.7 cm³/mol. The Morgan fingerprint density at radius 1 is 1.29 bits per heavy atom. The number of aliphatic hydroxyl groups is 1. The molecule has 2 fully saturated rings. The van der Waals surface area contributed by atoms with Crippen LogP contribution in [-0.2, 0) is 4.74 Å². The Balaban J connectivity index is 1.94. The molecule has 1 aromatic carbocycles. The summed E-state index contributed by atoms with van der Waals surface area (Å²) in [5, 5.41) is 11.3. The van der Waals surface area contributed by atoms with E-state index in [0.29, 0.717) is 5.92 Å². The van der Waals surface area contributed by atoms with Gasteiger partial charge in [0, 0.05) is 5.56 Å². The lowest BCUT2D eigenvalue weighted by molar-refractivity contribution is -0.0569. The lowest BCUT2D eigenvalue weighted by Crippen LogP contribution is -2.54. The van der Waals surface area contributed by atoms with Gasteiger partial charge >= 0.3 is 0 Å². The maximum atomic E-state index is 11.3. The lowest BCUT2D eigenvalue weighted by atomic mass is 9.66. The molecule has 1 saturated heterocycles. The highest BCUT2D eigenvalue weighted by Gasteiger charge is 2.71. The molecule has 2 nitrogen and oxygen atoms in total. The molecular formula is C19H24O2. The second-order valence-electron chi connectivity index (χ2n) is 6.85. The second-order valence-corrected chi connectivity index (χ2v) is 6.85. The van der Waals surface area contributed by atoms with E-state index in [1.165, 1.54) is 0 Å². The van der Waals surface area contributed by atoms with Crippen molar-refractivity contribution in [1.82, 2.24) is 0 Å². The van der Waals surface area contributed by atoms with Gasteiger partial charge in [0.2, 0.25) is 0 Å². The predicted octanol–water partition coefficient (Wildman–Crippen LogP) is 3.38. The van der Waals surface area contributed by atoms with Crippen LogP contribution in [-0.4, -0.2) is 22.4 Å². The Bertz CT molecular complexity index is 568. The van der Waals surface area contributed by atoms with Crippen molar-refractivity contribution in [2.24, 2.45) is 11.8 Å². The summed E-state index contributed by atoms with van der Waals surface area (Å²) in [6.07, 6.45) is 3.17. The van der Waals surface area contributed by atoms with Crippen LogP contribution < -0.4 is 0 Å². The van der Waals surface area contributed by atoms with Crippen LogP contribution in [0.25, 0.3) is 0 Å².